The number of carbonyl (C=O) groups excluding carboxylic acids is 2. The van der Waals surface area contributed by atoms with Crippen LogP contribution in [0.25, 0.3) is 10.9 Å². The van der Waals surface area contributed by atoms with Gasteiger partial charge in [-0.1, -0.05) is 72.3 Å². The Labute approximate surface area is 218 Å². The van der Waals surface area contributed by atoms with E-state index in [2.05, 4.69) is 59.7 Å². The van der Waals surface area contributed by atoms with E-state index in [0.717, 1.165) is 48.8 Å². The first kappa shape index (κ1) is 25.0. The Hall–Kier alpha value is -3.70. The topological polar surface area (TPSA) is 65.2 Å². The van der Waals surface area contributed by atoms with Crippen molar-refractivity contribution in [2.45, 2.75) is 45.1 Å². The maximum atomic E-state index is 13.9. The van der Waals surface area contributed by atoms with E-state index in [1.807, 2.05) is 41.4 Å². The number of carbonyl (C=O) groups is 2. The van der Waals surface area contributed by atoms with Gasteiger partial charge in [-0.15, -0.1) is 0 Å². The lowest BCUT2D eigenvalue weighted by atomic mass is 9.88. The highest BCUT2D eigenvalue weighted by Gasteiger charge is 2.26. The highest BCUT2D eigenvalue weighted by atomic mass is 16.2. The number of rotatable bonds is 8. The van der Waals surface area contributed by atoms with Gasteiger partial charge in [-0.3, -0.25) is 9.59 Å². The monoisotopic (exact) mass is 493 g/mol. The molecule has 190 valence electrons. The molecule has 1 saturated heterocycles. The average Bonchev–Trinajstić information content (AvgIpc) is 3.36. The average molecular weight is 494 g/mol. The zero-order valence-corrected chi connectivity index (χ0v) is 21.7. The summed E-state index contributed by atoms with van der Waals surface area (Å²) in [6.07, 6.45) is 4.65. The number of hydrogen-bond acceptors (Lipinski definition) is 3. The molecule has 5 nitrogen and oxygen atoms in total. The smallest absolute Gasteiger partial charge is 0.219 e. The molecule has 1 aromatic heterocycles. The molecule has 1 aliphatic heterocycles. The minimum atomic E-state index is -0.416. The molecule has 0 aliphatic carbocycles. The summed E-state index contributed by atoms with van der Waals surface area (Å²) in [5.41, 5.74) is 6.45. The predicted octanol–water partition coefficient (Wildman–Crippen LogP) is 5.96. The van der Waals surface area contributed by atoms with Crippen LogP contribution in [0.1, 0.15) is 64.3 Å². The van der Waals surface area contributed by atoms with Gasteiger partial charge in [0.15, 0.2) is 5.78 Å². The van der Waals surface area contributed by atoms with Crippen molar-refractivity contribution in [3.8, 4) is 0 Å². The van der Waals surface area contributed by atoms with Crippen molar-refractivity contribution in [1.29, 1.82) is 0 Å². The van der Waals surface area contributed by atoms with E-state index in [1.165, 1.54) is 16.7 Å². The van der Waals surface area contributed by atoms with E-state index >= 15 is 0 Å². The van der Waals surface area contributed by atoms with Gasteiger partial charge in [-0.25, -0.2) is 0 Å². The summed E-state index contributed by atoms with van der Waals surface area (Å²) in [6, 6.07) is 24.5. The number of amides is 1. The number of Topliss-reactive ketones (excluding diaryl/α,β-unsaturated/α-hetero) is 1. The number of nitrogens with zero attached hydrogens (tertiary/aromatic N) is 1. The maximum Gasteiger partial charge on any atom is 0.219 e. The van der Waals surface area contributed by atoms with Crippen LogP contribution in [0.3, 0.4) is 0 Å². The molecule has 0 bridgehead atoms. The lowest BCUT2D eigenvalue weighted by Gasteiger charge is -2.31. The number of hydrogen-bond donors (Lipinski definition) is 2. The lowest BCUT2D eigenvalue weighted by molar-refractivity contribution is -0.129. The number of nitrogens with one attached hydrogen (secondary N) is 2. The number of fused-ring (bicyclic) bond motifs is 1. The molecule has 0 spiro atoms. The largest absolute Gasteiger partial charge is 0.360 e. The second-order valence-electron chi connectivity index (χ2n) is 10.2. The van der Waals surface area contributed by atoms with Crippen molar-refractivity contribution >= 4 is 22.6 Å². The third kappa shape index (κ3) is 5.67. The van der Waals surface area contributed by atoms with Crippen molar-refractivity contribution in [2.75, 3.05) is 19.6 Å². The Morgan fingerprint density at radius 1 is 1.00 bits per heavy atom. The van der Waals surface area contributed by atoms with Gasteiger partial charge in [0.1, 0.15) is 0 Å². The van der Waals surface area contributed by atoms with Gasteiger partial charge in [0.25, 0.3) is 0 Å². The summed E-state index contributed by atoms with van der Waals surface area (Å²) in [5.74, 6) is 0.661. The minimum absolute atomic E-state index is 0.0730. The number of H-pyrrole nitrogens is 1. The van der Waals surface area contributed by atoms with Gasteiger partial charge in [-0.2, -0.15) is 0 Å². The SMILES string of the molecule is CC(=O)N1CCC(c2ccc3c(C(=O)[C@H](NCCc4ccc(C)cc4)c4ccccc4)c[nH]c3c2)CC1. The number of piperidine rings is 1. The number of aryl methyl sites for hydroxylation is 1. The Kier molecular flexibility index (Phi) is 7.52. The third-order valence-corrected chi connectivity index (χ3v) is 7.66. The van der Waals surface area contributed by atoms with Crippen LogP contribution >= 0.6 is 0 Å². The molecule has 0 saturated carbocycles. The molecule has 2 N–H and O–H groups in total. The molecular weight excluding hydrogens is 458 g/mol. The van der Waals surface area contributed by atoms with E-state index in [1.54, 1.807) is 6.92 Å². The standard InChI is InChI=1S/C32H35N3O2/c1-22-8-10-24(11-9-22)14-17-33-31(26-6-4-3-5-7-26)32(37)29-21-34-30-20-27(12-13-28(29)30)25-15-18-35(19-16-25)23(2)36/h3-13,20-21,25,31,33-34H,14-19H2,1-2H3/t31-/m1/s1. The Bertz CT molecular complexity index is 1370. The zero-order valence-electron chi connectivity index (χ0n) is 21.7. The molecule has 2 heterocycles. The fraction of sp³-hybridized carbons (Fsp3) is 0.312. The first-order valence-corrected chi connectivity index (χ1v) is 13.2. The van der Waals surface area contributed by atoms with Crippen molar-refractivity contribution in [1.82, 2.24) is 15.2 Å². The van der Waals surface area contributed by atoms with E-state index in [0.29, 0.717) is 18.0 Å². The van der Waals surface area contributed by atoms with Gasteiger partial charge in [0, 0.05) is 49.2 Å². The number of benzene rings is 3. The Morgan fingerprint density at radius 3 is 2.43 bits per heavy atom. The second-order valence-corrected chi connectivity index (χ2v) is 10.2. The molecule has 1 aliphatic rings. The third-order valence-electron chi connectivity index (χ3n) is 7.66. The molecule has 3 aromatic carbocycles. The molecule has 0 unspecified atom stereocenters. The summed E-state index contributed by atoms with van der Waals surface area (Å²) in [7, 11) is 0. The van der Waals surface area contributed by atoms with E-state index in [-0.39, 0.29) is 11.7 Å². The van der Waals surface area contributed by atoms with Crippen molar-refractivity contribution in [2.24, 2.45) is 0 Å². The first-order chi connectivity index (χ1) is 18.0. The van der Waals surface area contributed by atoms with E-state index < -0.39 is 6.04 Å². The number of aromatic nitrogens is 1. The Morgan fingerprint density at radius 2 is 1.73 bits per heavy atom. The summed E-state index contributed by atoms with van der Waals surface area (Å²) >= 11 is 0. The van der Waals surface area contributed by atoms with Crippen LogP contribution in [-0.2, 0) is 11.2 Å². The molecule has 4 aromatic rings. The number of aromatic amines is 1. The highest BCUT2D eigenvalue weighted by molar-refractivity contribution is 6.10. The zero-order chi connectivity index (χ0) is 25.8. The molecule has 0 radical (unpaired) electrons. The summed E-state index contributed by atoms with van der Waals surface area (Å²) < 4.78 is 0. The van der Waals surface area contributed by atoms with Crippen molar-refractivity contribution < 1.29 is 9.59 Å². The molecular formula is C32H35N3O2. The molecule has 5 heteroatoms. The van der Waals surface area contributed by atoms with Gasteiger partial charge in [0.05, 0.1) is 6.04 Å². The highest BCUT2D eigenvalue weighted by Crippen LogP contribution is 2.32. The van der Waals surface area contributed by atoms with Gasteiger partial charge in [0.2, 0.25) is 5.91 Å². The summed E-state index contributed by atoms with van der Waals surface area (Å²) in [4.78, 5) is 30.8. The van der Waals surface area contributed by atoms with Crippen LogP contribution in [0.5, 0.6) is 0 Å². The fourth-order valence-electron chi connectivity index (χ4n) is 5.41. The van der Waals surface area contributed by atoms with Crippen molar-refractivity contribution in [3.63, 3.8) is 0 Å². The first-order valence-electron chi connectivity index (χ1n) is 13.2. The Balaban J connectivity index is 1.34. The molecule has 5 rings (SSSR count). The quantitative estimate of drug-likeness (QED) is 0.298. The van der Waals surface area contributed by atoms with Gasteiger partial charge in [-0.05, 0) is 54.9 Å². The molecule has 37 heavy (non-hydrogen) atoms. The molecule has 1 atom stereocenters. The van der Waals surface area contributed by atoms with Crippen LogP contribution in [-0.4, -0.2) is 41.2 Å². The van der Waals surface area contributed by atoms with Gasteiger partial charge < -0.3 is 15.2 Å². The lowest BCUT2D eigenvalue weighted by Crippen LogP contribution is -2.36. The maximum absolute atomic E-state index is 13.9. The van der Waals surface area contributed by atoms with Crippen LogP contribution in [0.4, 0.5) is 0 Å². The van der Waals surface area contributed by atoms with Gasteiger partial charge >= 0.3 is 0 Å². The van der Waals surface area contributed by atoms with Crippen molar-refractivity contribution in [3.05, 3.63) is 107 Å². The predicted molar refractivity (Wildman–Crippen MR) is 149 cm³/mol. The fourth-order valence-corrected chi connectivity index (χ4v) is 5.41. The summed E-state index contributed by atoms with van der Waals surface area (Å²) in [5, 5.41) is 4.49. The van der Waals surface area contributed by atoms with Crippen LogP contribution < -0.4 is 5.32 Å². The summed E-state index contributed by atoms with van der Waals surface area (Å²) in [6.45, 7) is 6.05. The van der Waals surface area contributed by atoms with Crippen LogP contribution in [0.15, 0.2) is 79.0 Å². The second kappa shape index (κ2) is 11.1. The number of ketones is 1. The molecule has 1 fully saturated rings. The van der Waals surface area contributed by atoms with E-state index in [9.17, 15) is 9.59 Å². The number of likely N-dealkylation sites (tertiary alicyclic amines) is 1. The van der Waals surface area contributed by atoms with Crippen LogP contribution in [0.2, 0.25) is 0 Å². The van der Waals surface area contributed by atoms with E-state index in [4.69, 9.17) is 0 Å². The normalized spacial score (nSPS) is 15.1. The van der Waals surface area contributed by atoms with Crippen LogP contribution in [0, 0.1) is 6.92 Å². The molecule has 1 amide bonds. The minimum Gasteiger partial charge on any atom is -0.360 e.